The Labute approximate surface area is 117 Å². The van der Waals surface area contributed by atoms with E-state index in [-0.39, 0.29) is 24.1 Å². The van der Waals surface area contributed by atoms with E-state index in [0.717, 1.165) is 5.57 Å². The van der Waals surface area contributed by atoms with E-state index >= 15 is 0 Å². The van der Waals surface area contributed by atoms with Crippen molar-refractivity contribution >= 4 is 23.2 Å². The van der Waals surface area contributed by atoms with Crippen LogP contribution in [0.15, 0.2) is 30.4 Å². The molecule has 1 aromatic carbocycles. The summed E-state index contributed by atoms with van der Waals surface area (Å²) in [7, 11) is 0. The Bertz CT molecular complexity index is 583. The second-order valence-corrected chi connectivity index (χ2v) is 5.17. The van der Waals surface area contributed by atoms with Crippen LogP contribution in [0, 0.1) is 11.7 Å². The maximum absolute atomic E-state index is 13.7. The van der Waals surface area contributed by atoms with Crippen LogP contribution in [0.25, 0.3) is 0 Å². The SMILES string of the molecule is C=C(C)C[C@@H](C)C(=O)N1CC(=O)Nc2c(F)cccc21. The maximum atomic E-state index is 13.7. The fraction of sp³-hybridized carbons (Fsp3) is 0.333. The number of halogens is 1. The molecule has 0 spiro atoms. The molecule has 1 atom stereocenters. The van der Waals surface area contributed by atoms with Gasteiger partial charge in [-0.25, -0.2) is 4.39 Å². The number of rotatable bonds is 3. The van der Waals surface area contributed by atoms with Crippen LogP contribution in [0.4, 0.5) is 15.8 Å². The minimum atomic E-state index is -0.541. The summed E-state index contributed by atoms with van der Waals surface area (Å²) in [5, 5.41) is 2.47. The number of fused-ring (bicyclic) bond motifs is 1. The Morgan fingerprint density at radius 1 is 1.55 bits per heavy atom. The lowest BCUT2D eigenvalue weighted by atomic mass is 10.0. The topological polar surface area (TPSA) is 49.4 Å². The van der Waals surface area contributed by atoms with Crippen molar-refractivity contribution in [2.45, 2.75) is 20.3 Å². The normalized spacial score (nSPS) is 15.3. The predicted molar refractivity (Wildman–Crippen MR) is 76.0 cm³/mol. The number of para-hydroxylation sites is 1. The van der Waals surface area contributed by atoms with Crippen molar-refractivity contribution in [1.82, 2.24) is 0 Å². The number of hydrogen-bond donors (Lipinski definition) is 1. The third-order valence-electron chi connectivity index (χ3n) is 3.19. The first-order chi connectivity index (χ1) is 9.40. The van der Waals surface area contributed by atoms with Gasteiger partial charge in [-0.1, -0.05) is 18.6 Å². The van der Waals surface area contributed by atoms with Crippen molar-refractivity contribution in [1.29, 1.82) is 0 Å². The number of nitrogens with one attached hydrogen (secondary N) is 1. The van der Waals surface area contributed by atoms with E-state index in [0.29, 0.717) is 12.1 Å². The van der Waals surface area contributed by atoms with Gasteiger partial charge in [0.05, 0.1) is 5.69 Å². The standard InChI is InChI=1S/C15H17FN2O2/c1-9(2)7-10(3)15(20)18-8-13(19)17-14-11(16)5-4-6-12(14)18/h4-6,10H,1,7-8H2,2-3H3,(H,17,19)/t10-/m1/s1. The van der Waals surface area contributed by atoms with Crippen LogP contribution in [0.3, 0.4) is 0 Å². The molecule has 1 aliphatic rings. The highest BCUT2D eigenvalue weighted by Crippen LogP contribution is 2.33. The summed E-state index contributed by atoms with van der Waals surface area (Å²) in [5.74, 6) is -1.43. The van der Waals surface area contributed by atoms with Crippen molar-refractivity contribution in [3.8, 4) is 0 Å². The molecule has 2 amide bonds. The van der Waals surface area contributed by atoms with E-state index in [9.17, 15) is 14.0 Å². The highest BCUT2D eigenvalue weighted by Gasteiger charge is 2.30. The van der Waals surface area contributed by atoms with Gasteiger partial charge >= 0.3 is 0 Å². The summed E-state index contributed by atoms with van der Waals surface area (Å²) >= 11 is 0. The number of carbonyl (C=O) groups is 2. The van der Waals surface area contributed by atoms with Crippen molar-refractivity contribution in [2.75, 3.05) is 16.8 Å². The molecule has 4 nitrogen and oxygen atoms in total. The van der Waals surface area contributed by atoms with Crippen LogP contribution in [0.5, 0.6) is 0 Å². The Kier molecular flexibility index (Phi) is 3.88. The zero-order valence-electron chi connectivity index (χ0n) is 11.6. The number of hydrogen-bond acceptors (Lipinski definition) is 2. The summed E-state index contributed by atoms with van der Waals surface area (Å²) in [6.45, 7) is 7.33. The lowest BCUT2D eigenvalue weighted by Gasteiger charge is -2.31. The van der Waals surface area contributed by atoms with Crippen LogP contribution in [0.1, 0.15) is 20.3 Å². The molecular weight excluding hydrogens is 259 g/mol. The quantitative estimate of drug-likeness (QED) is 0.863. The third-order valence-corrected chi connectivity index (χ3v) is 3.19. The van der Waals surface area contributed by atoms with Crippen LogP contribution < -0.4 is 10.2 Å². The van der Waals surface area contributed by atoms with Crippen LogP contribution in [-0.2, 0) is 9.59 Å². The first kappa shape index (κ1) is 14.2. The van der Waals surface area contributed by atoms with Gasteiger partial charge in [0.1, 0.15) is 18.0 Å². The average Bonchev–Trinajstić information content (AvgIpc) is 2.37. The molecular formula is C15H17FN2O2. The summed E-state index contributed by atoms with van der Waals surface area (Å²) in [5.41, 5.74) is 1.37. The molecule has 0 saturated carbocycles. The number of anilines is 2. The lowest BCUT2D eigenvalue weighted by Crippen LogP contribution is -2.44. The fourth-order valence-corrected chi connectivity index (χ4v) is 2.34. The van der Waals surface area contributed by atoms with Crippen molar-refractivity contribution in [2.24, 2.45) is 5.92 Å². The molecule has 20 heavy (non-hydrogen) atoms. The van der Waals surface area contributed by atoms with E-state index in [1.54, 1.807) is 13.0 Å². The molecule has 0 saturated heterocycles. The van der Waals surface area contributed by atoms with Gasteiger partial charge in [0.2, 0.25) is 11.8 Å². The minimum Gasteiger partial charge on any atom is -0.320 e. The third kappa shape index (κ3) is 2.71. The van der Waals surface area contributed by atoms with E-state index in [1.807, 2.05) is 6.92 Å². The average molecular weight is 276 g/mol. The van der Waals surface area contributed by atoms with Gasteiger partial charge in [0, 0.05) is 5.92 Å². The smallest absolute Gasteiger partial charge is 0.244 e. The predicted octanol–water partition coefficient (Wildman–Crippen LogP) is 2.71. The molecule has 1 heterocycles. The molecule has 0 unspecified atom stereocenters. The zero-order valence-corrected chi connectivity index (χ0v) is 11.6. The van der Waals surface area contributed by atoms with Crippen LogP contribution in [0.2, 0.25) is 0 Å². The first-order valence-corrected chi connectivity index (χ1v) is 6.44. The van der Waals surface area contributed by atoms with Gasteiger partial charge in [-0.15, -0.1) is 6.58 Å². The highest BCUT2D eigenvalue weighted by atomic mass is 19.1. The van der Waals surface area contributed by atoms with Gasteiger partial charge in [-0.2, -0.15) is 0 Å². The molecule has 0 fully saturated rings. The number of carbonyl (C=O) groups excluding carboxylic acids is 2. The van der Waals surface area contributed by atoms with Gasteiger partial charge in [-0.3, -0.25) is 9.59 Å². The Hall–Kier alpha value is -2.17. The van der Waals surface area contributed by atoms with E-state index in [1.165, 1.54) is 17.0 Å². The number of benzene rings is 1. The monoisotopic (exact) mass is 276 g/mol. The number of allylic oxidation sites excluding steroid dienone is 1. The Balaban J connectivity index is 2.34. The molecule has 106 valence electrons. The minimum absolute atomic E-state index is 0.0691. The molecule has 0 bridgehead atoms. The molecule has 1 aromatic rings. The fourth-order valence-electron chi connectivity index (χ4n) is 2.34. The first-order valence-electron chi connectivity index (χ1n) is 6.44. The van der Waals surface area contributed by atoms with E-state index in [2.05, 4.69) is 11.9 Å². The highest BCUT2D eigenvalue weighted by molar-refractivity contribution is 6.10. The van der Waals surface area contributed by atoms with Crippen molar-refractivity contribution in [3.05, 3.63) is 36.2 Å². The van der Waals surface area contributed by atoms with Gasteiger partial charge < -0.3 is 10.2 Å². The van der Waals surface area contributed by atoms with Gasteiger partial charge in [0.25, 0.3) is 0 Å². The number of amides is 2. The van der Waals surface area contributed by atoms with Crippen molar-refractivity contribution < 1.29 is 14.0 Å². The molecule has 0 radical (unpaired) electrons. The summed E-state index contributed by atoms with van der Waals surface area (Å²) in [6.07, 6.45) is 0.543. The Morgan fingerprint density at radius 2 is 2.25 bits per heavy atom. The van der Waals surface area contributed by atoms with Crippen LogP contribution >= 0.6 is 0 Å². The second-order valence-electron chi connectivity index (χ2n) is 5.17. The number of nitrogens with zero attached hydrogens (tertiary/aromatic N) is 1. The molecule has 0 aliphatic carbocycles. The molecule has 5 heteroatoms. The summed E-state index contributed by atoms with van der Waals surface area (Å²) in [6, 6.07) is 4.41. The van der Waals surface area contributed by atoms with E-state index < -0.39 is 11.7 Å². The molecule has 2 rings (SSSR count). The Morgan fingerprint density at radius 3 is 2.90 bits per heavy atom. The van der Waals surface area contributed by atoms with Gasteiger partial charge in [0.15, 0.2) is 0 Å². The molecule has 0 aromatic heterocycles. The van der Waals surface area contributed by atoms with Crippen LogP contribution in [-0.4, -0.2) is 18.4 Å². The zero-order chi connectivity index (χ0) is 14.9. The maximum Gasteiger partial charge on any atom is 0.244 e. The summed E-state index contributed by atoms with van der Waals surface area (Å²) in [4.78, 5) is 25.4. The lowest BCUT2D eigenvalue weighted by molar-refractivity contribution is -0.124. The van der Waals surface area contributed by atoms with Crippen molar-refractivity contribution in [3.63, 3.8) is 0 Å². The molecule has 1 N–H and O–H groups in total. The second kappa shape index (κ2) is 5.45. The summed E-state index contributed by atoms with van der Waals surface area (Å²) < 4.78 is 13.7. The molecule has 1 aliphatic heterocycles. The van der Waals surface area contributed by atoms with Gasteiger partial charge in [-0.05, 0) is 25.5 Å². The largest absolute Gasteiger partial charge is 0.320 e. The van der Waals surface area contributed by atoms with E-state index in [4.69, 9.17) is 0 Å².